The Morgan fingerprint density at radius 3 is 2.47 bits per heavy atom. The molecule has 0 saturated heterocycles. The number of nitrogens with one attached hydrogen (secondary N) is 1. The highest BCUT2D eigenvalue weighted by atomic mass is 32.2. The molecule has 0 amide bonds. The van der Waals surface area contributed by atoms with Gasteiger partial charge in [0.05, 0.1) is 10.6 Å². The number of nitrogens with two attached hydrogens (primary N) is 1. The van der Waals surface area contributed by atoms with Crippen LogP contribution in [0.4, 0.5) is 5.69 Å². The van der Waals surface area contributed by atoms with Crippen LogP contribution >= 0.6 is 11.3 Å². The lowest BCUT2D eigenvalue weighted by Crippen LogP contribution is -2.12. The van der Waals surface area contributed by atoms with Crippen molar-refractivity contribution in [3.8, 4) is 0 Å². The molecule has 1 aromatic heterocycles. The SMILES string of the molecule is NCCCc1ccc(S(=O)(=O)Nc2ccsc2)cc1. The predicted molar refractivity (Wildman–Crippen MR) is 78.9 cm³/mol. The third kappa shape index (κ3) is 3.79. The summed E-state index contributed by atoms with van der Waals surface area (Å²) >= 11 is 1.45. The zero-order valence-electron chi connectivity index (χ0n) is 10.4. The van der Waals surface area contributed by atoms with E-state index in [0.29, 0.717) is 12.2 Å². The minimum absolute atomic E-state index is 0.273. The van der Waals surface area contributed by atoms with E-state index in [2.05, 4.69) is 4.72 Å². The van der Waals surface area contributed by atoms with Crippen molar-refractivity contribution in [3.05, 3.63) is 46.7 Å². The first kappa shape index (κ1) is 14.0. The van der Waals surface area contributed by atoms with Gasteiger partial charge in [0.25, 0.3) is 10.0 Å². The molecule has 0 atom stereocenters. The van der Waals surface area contributed by atoms with E-state index in [9.17, 15) is 8.42 Å². The number of benzene rings is 1. The molecule has 6 heteroatoms. The van der Waals surface area contributed by atoms with Crippen molar-refractivity contribution in [1.82, 2.24) is 0 Å². The number of anilines is 1. The Bertz CT molecular complexity index is 605. The van der Waals surface area contributed by atoms with Crippen molar-refractivity contribution >= 4 is 27.0 Å². The van der Waals surface area contributed by atoms with Gasteiger partial charge in [0.1, 0.15) is 0 Å². The fraction of sp³-hybridized carbons (Fsp3) is 0.231. The summed E-state index contributed by atoms with van der Waals surface area (Å²) in [5, 5.41) is 3.58. The Balaban J connectivity index is 2.12. The summed E-state index contributed by atoms with van der Waals surface area (Å²) in [6.07, 6.45) is 1.77. The third-order valence-electron chi connectivity index (χ3n) is 2.68. The summed E-state index contributed by atoms with van der Waals surface area (Å²) in [7, 11) is -3.49. The van der Waals surface area contributed by atoms with Crippen LogP contribution in [0.15, 0.2) is 46.0 Å². The molecule has 0 aliphatic carbocycles. The maximum Gasteiger partial charge on any atom is 0.261 e. The van der Waals surface area contributed by atoms with E-state index in [-0.39, 0.29) is 4.90 Å². The quantitative estimate of drug-likeness (QED) is 0.860. The zero-order valence-corrected chi connectivity index (χ0v) is 12.0. The van der Waals surface area contributed by atoms with Gasteiger partial charge in [-0.2, -0.15) is 11.3 Å². The third-order valence-corrected chi connectivity index (χ3v) is 4.76. The molecule has 0 unspecified atom stereocenters. The van der Waals surface area contributed by atoms with Crippen LogP contribution in [0, 0.1) is 0 Å². The molecule has 0 bridgehead atoms. The van der Waals surface area contributed by atoms with Crippen LogP contribution in [0.1, 0.15) is 12.0 Å². The fourth-order valence-corrected chi connectivity index (χ4v) is 3.39. The van der Waals surface area contributed by atoms with Gasteiger partial charge in [-0.1, -0.05) is 12.1 Å². The van der Waals surface area contributed by atoms with E-state index in [1.54, 1.807) is 23.6 Å². The first-order valence-electron chi connectivity index (χ1n) is 5.96. The maximum absolute atomic E-state index is 12.1. The largest absolute Gasteiger partial charge is 0.330 e. The van der Waals surface area contributed by atoms with Gasteiger partial charge in [0.15, 0.2) is 0 Å². The van der Waals surface area contributed by atoms with Gasteiger partial charge in [-0.05, 0) is 48.5 Å². The number of aryl methyl sites for hydroxylation is 1. The molecule has 0 spiro atoms. The van der Waals surface area contributed by atoms with Crippen molar-refractivity contribution in [2.24, 2.45) is 5.73 Å². The Morgan fingerprint density at radius 1 is 1.16 bits per heavy atom. The molecule has 1 aromatic carbocycles. The van der Waals surface area contributed by atoms with Crippen LogP contribution in [0.2, 0.25) is 0 Å². The highest BCUT2D eigenvalue weighted by molar-refractivity contribution is 7.92. The molecular formula is C13H16N2O2S2. The molecule has 2 aromatic rings. The van der Waals surface area contributed by atoms with Crippen LogP contribution in [0.25, 0.3) is 0 Å². The number of hydrogen-bond acceptors (Lipinski definition) is 4. The summed E-state index contributed by atoms with van der Waals surface area (Å²) in [6.45, 7) is 0.639. The zero-order chi connectivity index (χ0) is 13.7. The number of rotatable bonds is 6. The van der Waals surface area contributed by atoms with Gasteiger partial charge < -0.3 is 5.73 Å². The molecule has 0 radical (unpaired) electrons. The van der Waals surface area contributed by atoms with E-state index in [1.807, 2.05) is 17.5 Å². The summed E-state index contributed by atoms with van der Waals surface area (Å²) in [6, 6.07) is 8.65. The van der Waals surface area contributed by atoms with Crippen LogP contribution < -0.4 is 10.5 Å². The normalized spacial score (nSPS) is 11.4. The highest BCUT2D eigenvalue weighted by Gasteiger charge is 2.13. The Hall–Kier alpha value is -1.37. The van der Waals surface area contributed by atoms with Gasteiger partial charge >= 0.3 is 0 Å². The Morgan fingerprint density at radius 2 is 1.89 bits per heavy atom. The molecule has 0 aliphatic rings. The average Bonchev–Trinajstić information content (AvgIpc) is 2.89. The van der Waals surface area contributed by atoms with Gasteiger partial charge in [0.2, 0.25) is 0 Å². The van der Waals surface area contributed by atoms with E-state index in [4.69, 9.17) is 5.73 Å². The molecule has 2 rings (SSSR count). The van der Waals surface area contributed by atoms with E-state index >= 15 is 0 Å². The molecule has 4 nitrogen and oxygen atoms in total. The molecule has 0 fully saturated rings. The van der Waals surface area contributed by atoms with Crippen LogP contribution in [0.5, 0.6) is 0 Å². The van der Waals surface area contributed by atoms with Gasteiger partial charge in [-0.25, -0.2) is 8.42 Å². The lowest BCUT2D eigenvalue weighted by Gasteiger charge is -2.07. The predicted octanol–water partition coefficient (Wildman–Crippen LogP) is 2.44. The van der Waals surface area contributed by atoms with Crippen LogP contribution in [-0.4, -0.2) is 15.0 Å². The summed E-state index contributed by atoms with van der Waals surface area (Å²) in [5.41, 5.74) is 7.14. The maximum atomic E-state index is 12.1. The minimum Gasteiger partial charge on any atom is -0.330 e. The second-order valence-corrected chi connectivity index (χ2v) is 6.62. The standard InChI is InChI=1S/C13H16N2O2S2/c14-8-1-2-11-3-5-13(6-4-11)19(16,17)15-12-7-9-18-10-12/h3-7,9-10,15H,1-2,8,14H2. The summed E-state index contributed by atoms with van der Waals surface area (Å²) in [4.78, 5) is 0.273. The first-order valence-corrected chi connectivity index (χ1v) is 8.38. The number of hydrogen-bond donors (Lipinski definition) is 2. The monoisotopic (exact) mass is 296 g/mol. The van der Waals surface area contributed by atoms with Crippen LogP contribution in [-0.2, 0) is 16.4 Å². The van der Waals surface area contributed by atoms with Crippen molar-refractivity contribution in [2.75, 3.05) is 11.3 Å². The van der Waals surface area contributed by atoms with Gasteiger partial charge in [0, 0.05) is 5.38 Å². The average molecular weight is 296 g/mol. The fourth-order valence-electron chi connectivity index (χ4n) is 1.68. The second-order valence-electron chi connectivity index (χ2n) is 4.15. The van der Waals surface area contributed by atoms with E-state index in [0.717, 1.165) is 18.4 Å². The molecular weight excluding hydrogens is 280 g/mol. The van der Waals surface area contributed by atoms with E-state index < -0.39 is 10.0 Å². The second kappa shape index (κ2) is 6.18. The van der Waals surface area contributed by atoms with Crippen LogP contribution in [0.3, 0.4) is 0 Å². The van der Waals surface area contributed by atoms with Gasteiger partial charge in [-0.15, -0.1) is 0 Å². The van der Waals surface area contributed by atoms with Crippen molar-refractivity contribution < 1.29 is 8.42 Å². The molecule has 102 valence electrons. The number of thiophene rings is 1. The van der Waals surface area contributed by atoms with E-state index in [1.165, 1.54) is 11.3 Å². The smallest absolute Gasteiger partial charge is 0.261 e. The lowest BCUT2D eigenvalue weighted by molar-refractivity contribution is 0.601. The van der Waals surface area contributed by atoms with Crippen molar-refractivity contribution in [3.63, 3.8) is 0 Å². The van der Waals surface area contributed by atoms with Crippen molar-refractivity contribution in [1.29, 1.82) is 0 Å². The van der Waals surface area contributed by atoms with Crippen molar-refractivity contribution in [2.45, 2.75) is 17.7 Å². The molecule has 19 heavy (non-hydrogen) atoms. The molecule has 3 N–H and O–H groups in total. The first-order chi connectivity index (χ1) is 9.12. The molecule has 0 saturated carbocycles. The minimum atomic E-state index is -3.49. The van der Waals surface area contributed by atoms with Gasteiger partial charge in [-0.3, -0.25) is 4.72 Å². The lowest BCUT2D eigenvalue weighted by atomic mass is 10.1. The Labute approximate surface area is 117 Å². The molecule has 1 heterocycles. The summed E-state index contributed by atoms with van der Waals surface area (Å²) in [5.74, 6) is 0. The summed E-state index contributed by atoms with van der Waals surface area (Å²) < 4.78 is 26.7. The molecule has 0 aliphatic heterocycles. The number of sulfonamides is 1. The topological polar surface area (TPSA) is 72.2 Å². The highest BCUT2D eigenvalue weighted by Crippen LogP contribution is 2.18. The Kier molecular flexibility index (Phi) is 4.57.